The molecular formula is C21H23ClN2O5. The van der Waals surface area contributed by atoms with Gasteiger partial charge in [0.1, 0.15) is 23.3 Å². The molecule has 0 radical (unpaired) electrons. The molecule has 2 aromatic rings. The number of hydrogen-bond acceptors (Lipinski definition) is 6. The largest absolute Gasteiger partial charge is 0.507 e. The lowest BCUT2D eigenvalue weighted by Crippen LogP contribution is -2.32. The average molecular weight is 419 g/mol. The fourth-order valence-corrected chi connectivity index (χ4v) is 3.64. The molecule has 29 heavy (non-hydrogen) atoms. The Labute approximate surface area is 174 Å². The summed E-state index contributed by atoms with van der Waals surface area (Å²) in [5, 5.41) is 11.2. The molecule has 3 rings (SSSR count). The van der Waals surface area contributed by atoms with Crippen molar-refractivity contribution in [1.29, 1.82) is 0 Å². The minimum atomic E-state index is -0.798. The minimum absolute atomic E-state index is 0.0176. The Morgan fingerprint density at radius 2 is 2.07 bits per heavy atom. The summed E-state index contributed by atoms with van der Waals surface area (Å²) >= 11 is 6.16. The highest BCUT2D eigenvalue weighted by atomic mass is 35.5. The van der Waals surface area contributed by atoms with E-state index >= 15 is 0 Å². The molecule has 154 valence electrons. The molecule has 1 N–H and O–H groups in total. The lowest BCUT2D eigenvalue weighted by atomic mass is 9.99. The van der Waals surface area contributed by atoms with Crippen LogP contribution in [0.5, 0.6) is 5.75 Å². The summed E-state index contributed by atoms with van der Waals surface area (Å²) in [6.45, 7) is 1.11. The van der Waals surface area contributed by atoms with Crippen LogP contribution in [0.25, 0.3) is 5.76 Å². The van der Waals surface area contributed by atoms with Crippen molar-refractivity contribution < 1.29 is 23.8 Å². The van der Waals surface area contributed by atoms with E-state index in [1.54, 1.807) is 24.3 Å². The van der Waals surface area contributed by atoms with Crippen LogP contribution in [0.4, 0.5) is 0 Å². The number of aliphatic hydroxyl groups excluding tert-OH is 1. The maximum absolute atomic E-state index is 12.8. The van der Waals surface area contributed by atoms with Gasteiger partial charge in [0.15, 0.2) is 0 Å². The average Bonchev–Trinajstić information content (AvgIpc) is 3.29. The summed E-state index contributed by atoms with van der Waals surface area (Å²) in [5.41, 5.74) is 0.301. The number of benzene rings is 1. The maximum atomic E-state index is 12.8. The minimum Gasteiger partial charge on any atom is -0.507 e. The lowest BCUT2D eigenvalue weighted by Gasteiger charge is -2.24. The van der Waals surface area contributed by atoms with Crippen molar-refractivity contribution in [1.82, 2.24) is 9.80 Å². The molecular weight excluding hydrogens is 396 g/mol. The first-order valence-electron chi connectivity index (χ1n) is 9.15. The lowest BCUT2D eigenvalue weighted by molar-refractivity contribution is -0.140. The Hall–Kier alpha value is -2.77. The molecule has 1 atom stereocenters. The van der Waals surface area contributed by atoms with Gasteiger partial charge in [-0.15, -0.1) is 0 Å². The summed E-state index contributed by atoms with van der Waals surface area (Å²) < 4.78 is 10.6. The number of hydrogen-bond donors (Lipinski definition) is 1. The second-order valence-corrected chi connectivity index (χ2v) is 7.42. The molecule has 1 saturated heterocycles. The first-order valence-corrected chi connectivity index (χ1v) is 9.53. The Morgan fingerprint density at radius 1 is 1.31 bits per heavy atom. The Balaban J connectivity index is 2.05. The summed E-state index contributed by atoms with van der Waals surface area (Å²) in [7, 11) is 5.36. The standard InChI is InChI=1S/C21H23ClN2O5/c1-23(2)9-5-10-24-18(16-6-4-11-29-16)17(20(26)21(24)27)19(25)13-7-8-15(28-3)14(22)12-13/h4,6-8,11-12,18,25H,5,9-10H2,1-3H3/b19-17+/t18-/m1/s1. The number of halogens is 1. The van der Waals surface area contributed by atoms with Crippen LogP contribution < -0.4 is 4.74 Å². The number of carbonyl (C=O) groups is 2. The molecule has 1 aromatic carbocycles. The molecule has 1 fully saturated rings. The number of amides is 1. The molecule has 1 aliphatic rings. The number of aliphatic hydroxyl groups is 1. The van der Waals surface area contributed by atoms with Crippen molar-refractivity contribution in [2.45, 2.75) is 12.5 Å². The van der Waals surface area contributed by atoms with Gasteiger partial charge < -0.3 is 24.1 Å². The number of ketones is 1. The van der Waals surface area contributed by atoms with Gasteiger partial charge in [-0.05, 0) is 57.4 Å². The van der Waals surface area contributed by atoms with Crippen LogP contribution in [0.2, 0.25) is 5.02 Å². The van der Waals surface area contributed by atoms with Gasteiger partial charge >= 0.3 is 0 Å². The highest BCUT2D eigenvalue weighted by Crippen LogP contribution is 2.40. The van der Waals surface area contributed by atoms with Gasteiger partial charge in [-0.25, -0.2) is 0 Å². The zero-order valence-corrected chi connectivity index (χ0v) is 17.3. The maximum Gasteiger partial charge on any atom is 0.295 e. The highest BCUT2D eigenvalue weighted by Gasteiger charge is 2.47. The third-order valence-electron chi connectivity index (χ3n) is 4.78. The van der Waals surface area contributed by atoms with E-state index in [9.17, 15) is 14.7 Å². The predicted octanol–water partition coefficient (Wildman–Crippen LogP) is 3.32. The number of ether oxygens (including phenoxy) is 1. The summed E-state index contributed by atoms with van der Waals surface area (Å²) in [6, 6.07) is 7.23. The number of furan rings is 1. The van der Waals surface area contributed by atoms with Crippen LogP contribution in [-0.2, 0) is 9.59 Å². The molecule has 2 heterocycles. The van der Waals surface area contributed by atoms with Gasteiger partial charge in [0.2, 0.25) is 0 Å². The molecule has 8 heteroatoms. The van der Waals surface area contributed by atoms with E-state index < -0.39 is 17.7 Å². The molecule has 0 unspecified atom stereocenters. The molecule has 1 aliphatic heterocycles. The molecule has 7 nitrogen and oxygen atoms in total. The van der Waals surface area contributed by atoms with Crippen LogP contribution in [0.1, 0.15) is 23.8 Å². The second-order valence-electron chi connectivity index (χ2n) is 7.01. The van der Waals surface area contributed by atoms with Crippen LogP contribution >= 0.6 is 11.6 Å². The zero-order valence-electron chi connectivity index (χ0n) is 16.5. The van der Waals surface area contributed by atoms with Crippen molar-refractivity contribution in [3.8, 4) is 5.75 Å². The van der Waals surface area contributed by atoms with Crippen LogP contribution in [0.3, 0.4) is 0 Å². The van der Waals surface area contributed by atoms with E-state index in [1.807, 2.05) is 19.0 Å². The SMILES string of the molecule is COc1ccc(/C(O)=C2\C(=O)C(=O)N(CCCN(C)C)[C@@H]2c2ccco2)cc1Cl. The van der Waals surface area contributed by atoms with Gasteiger partial charge in [0.25, 0.3) is 11.7 Å². The summed E-state index contributed by atoms with van der Waals surface area (Å²) in [5.74, 6) is -0.860. The van der Waals surface area contributed by atoms with Crippen LogP contribution in [0.15, 0.2) is 46.6 Å². The van der Waals surface area contributed by atoms with E-state index in [2.05, 4.69) is 0 Å². The molecule has 1 aromatic heterocycles. The summed E-state index contributed by atoms with van der Waals surface area (Å²) in [4.78, 5) is 29.0. The number of methoxy groups -OCH3 is 1. The second kappa shape index (κ2) is 8.71. The van der Waals surface area contributed by atoms with E-state index in [1.165, 1.54) is 24.3 Å². The van der Waals surface area contributed by atoms with Crippen LogP contribution in [-0.4, -0.2) is 60.9 Å². The molecule has 0 saturated carbocycles. The zero-order chi connectivity index (χ0) is 21.1. The van der Waals surface area contributed by atoms with E-state index in [0.717, 1.165) is 6.54 Å². The highest BCUT2D eigenvalue weighted by molar-refractivity contribution is 6.46. The Bertz CT molecular complexity index is 937. The first kappa shape index (κ1) is 21.0. The van der Waals surface area contributed by atoms with Crippen molar-refractivity contribution in [2.75, 3.05) is 34.3 Å². The fraction of sp³-hybridized carbons (Fsp3) is 0.333. The van der Waals surface area contributed by atoms with Crippen molar-refractivity contribution >= 4 is 29.1 Å². The Kier molecular flexibility index (Phi) is 6.30. The van der Waals surface area contributed by atoms with Gasteiger partial charge in [0.05, 0.1) is 24.0 Å². The summed E-state index contributed by atoms with van der Waals surface area (Å²) in [6.07, 6.45) is 2.14. The van der Waals surface area contributed by atoms with Crippen molar-refractivity contribution in [3.05, 3.63) is 58.5 Å². The monoisotopic (exact) mass is 418 g/mol. The predicted molar refractivity (Wildman–Crippen MR) is 109 cm³/mol. The number of nitrogens with zero attached hydrogens (tertiary/aromatic N) is 2. The van der Waals surface area contributed by atoms with Gasteiger partial charge in [-0.2, -0.15) is 0 Å². The van der Waals surface area contributed by atoms with Gasteiger partial charge in [-0.3, -0.25) is 9.59 Å². The van der Waals surface area contributed by atoms with Gasteiger partial charge in [-0.1, -0.05) is 11.6 Å². The fourth-order valence-electron chi connectivity index (χ4n) is 3.38. The first-order chi connectivity index (χ1) is 13.8. The number of likely N-dealkylation sites (tertiary alicyclic amines) is 1. The number of carbonyl (C=O) groups excluding carboxylic acids is 2. The van der Waals surface area contributed by atoms with Crippen LogP contribution in [0, 0.1) is 0 Å². The smallest absolute Gasteiger partial charge is 0.295 e. The molecule has 0 spiro atoms. The third kappa shape index (κ3) is 4.16. The number of rotatable bonds is 7. The van der Waals surface area contributed by atoms with Gasteiger partial charge in [0, 0.05) is 12.1 Å². The molecule has 0 aliphatic carbocycles. The topological polar surface area (TPSA) is 83.2 Å². The third-order valence-corrected chi connectivity index (χ3v) is 5.08. The number of Topliss-reactive ketones (excluding diaryl/α,β-unsaturated/α-hetero) is 1. The Morgan fingerprint density at radius 3 is 2.66 bits per heavy atom. The normalized spacial score (nSPS) is 18.7. The van der Waals surface area contributed by atoms with E-state index in [-0.39, 0.29) is 16.4 Å². The van der Waals surface area contributed by atoms with E-state index in [4.69, 9.17) is 20.8 Å². The van der Waals surface area contributed by atoms with Crippen molar-refractivity contribution in [2.24, 2.45) is 0 Å². The molecule has 0 bridgehead atoms. The molecule has 1 amide bonds. The quantitative estimate of drug-likeness (QED) is 0.422. The van der Waals surface area contributed by atoms with Crippen molar-refractivity contribution in [3.63, 3.8) is 0 Å². The van der Waals surface area contributed by atoms with E-state index in [0.29, 0.717) is 30.0 Å².